The summed E-state index contributed by atoms with van der Waals surface area (Å²) in [7, 11) is 1.00. The lowest BCUT2D eigenvalue weighted by molar-refractivity contribution is 0.318. The SMILES string of the molecule is CCO.CO.NN. The van der Waals surface area contributed by atoms with Gasteiger partial charge in [-0.2, -0.15) is 0 Å². The van der Waals surface area contributed by atoms with E-state index in [4.69, 9.17) is 10.2 Å². The van der Waals surface area contributed by atoms with E-state index in [0.717, 1.165) is 7.11 Å². The lowest BCUT2D eigenvalue weighted by Crippen LogP contribution is -2.02. The van der Waals surface area contributed by atoms with Gasteiger partial charge in [0.1, 0.15) is 0 Å². The molecule has 48 valence electrons. The molecule has 0 heterocycles. The normalized spacial score (nSPS) is 4.29. The monoisotopic (exact) mass is 110 g/mol. The van der Waals surface area contributed by atoms with Crippen molar-refractivity contribution in [3.05, 3.63) is 0 Å². The van der Waals surface area contributed by atoms with Gasteiger partial charge >= 0.3 is 0 Å². The summed E-state index contributed by atoms with van der Waals surface area (Å²) in [5.41, 5.74) is 0. The predicted octanol–water partition coefficient (Wildman–Crippen LogP) is -1.57. The Morgan fingerprint density at radius 2 is 1.29 bits per heavy atom. The Balaban J connectivity index is -0.0000000360. The first-order valence-electron chi connectivity index (χ1n) is 1.80. The molecule has 0 aliphatic carbocycles. The number of hydrogen-bond donors (Lipinski definition) is 4. The van der Waals surface area contributed by atoms with E-state index in [2.05, 4.69) is 11.7 Å². The Bertz CT molecular complexity index is 10.9. The molecule has 0 aromatic rings. The van der Waals surface area contributed by atoms with Gasteiger partial charge in [0.25, 0.3) is 0 Å². The summed E-state index contributed by atoms with van der Waals surface area (Å²) in [5.74, 6) is 8.00. The van der Waals surface area contributed by atoms with E-state index in [0.29, 0.717) is 0 Å². The molecule has 0 bridgehead atoms. The fourth-order valence-electron chi connectivity index (χ4n) is 0. The van der Waals surface area contributed by atoms with Gasteiger partial charge in [-0.05, 0) is 6.92 Å². The molecule has 0 amide bonds. The van der Waals surface area contributed by atoms with E-state index >= 15 is 0 Å². The topological polar surface area (TPSA) is 92.5 Å². The molecule has 0 saturated heterocycles. The number of hydrazine groups is 1. The van der Waals surface area contributed by atoms with Crippen LogP contribution in [-0.4, -0.2) is 23.9 Å². The third-order valence-corrected chi connectivity index (χ3v) is 0. The lowest BCUT2D eigenvalue weighted by Gasteiger charge is -1.52. The van der Waals surface area contributed by atoms with Crippen molar-refractivity contribution in [1.82, 2.24) is 0 Å². The summed E-state index contributed by atoms with van der Waals surface area (Å²) in [6.07, 6.45) is 0. The molecule has 0 spiro atoms. The summed E-state index contributed by atoms with van der Waals surface area (Å²) in [4.78, 5) is 0. The highest BCUT2D eigenvalue weighted by molar-refractivity contribution is 3.84. The number of nitrogens with two attached hydrogens (primary N) is 2. The molecule has 7 heavy (non-hydrogen) atoms. The van der Waals surface area contributed by atoms with E-state index in [9.17, 15) is 0 Å². The van der Waals surface area contributed by atoms with Gasteiger partial charge in [0.2, 0.25) is 0 Å². The van der Waals surface area contributed by atoms with Crippen LogP contribution in [0.2, 0.25) is 0 Å². The molecule has 0 fully saturated rings. The molecule has 4 nitrogen and oxygen atoms in total. The third kappa shape index (κ3) is 3360. The van der Waals surface area contributed by atoms with Gasteiger partial charge in [-0.15, -0.1) is 0 Å². The van der Waals surface area contributed by atoms with Crippen molar-refractivity contribution in [3.63, 3.8) is 0 Å². The molecule has 0 saturated carbocycles. The zero-order valence-corrected chi connectivity index (χ0v) is 4.76. The van der Waals surface area contributed by atoms with Gasteiger partial charge in [0.05, 0.1) is 0 Å². The van der Waals surface area contributed by atoms with Crippen LogP contribution in [0.25, 0.3) is 0 Å². The summed E-state index contributed by atoms with van der Waals surface area (Å²) < 4.78 is 0. The second-order valence-electron chi connectivity index (χ2n) is 0.316. The fraction of sp³-hybridized carbons (Fsp3) is 1.00. The van der Waals surface area contributed by atoms with Crippen molar-refractivity contribution in [2.75, 3.05) is 13.7 Å². The van der Waals surface area contributed by atoms with E-state index in [1.807, 2.05) is 0 Å². The van der Waals surface area contributed by atoms with Gasteiger partial charge in [-0.3, -0.25) is 11.7 Å². The van der Waals surface area contributed by atoms with E-state index in [1.165, 1.54) is 0 Å². The van der Waals surface area contributed by atoms with Crippen LogP contribution in [0.5, 0.6) is 0 Å². The maximum atomic E-state index is 7.57. The maximum absolute atomic E-state index is 7.57. The Hall–Kier alpha value is -0.160. The van der Waals surface area contributed by atoms with Crippen molar-refractivity contribution in [1.29, 1.82) is 0 Å². The number of rotatable bonds is 0. The molecule has 4 heteroatoms. The van der Waals surface area contributed by atoms with Gasteiger partial charge < -0.3 is 10.2 Å². The van der Waals surface area contributed by atoms with Crippen molar-refractivity contribution < 1.29 is 10.2 Å². The number of hydrogen-bond acceptors (Lipinski definition) is 4. The first kappa shape index (κ1) is 15.8. The molecule has 0 aliphatic rings. The molecule has 0 aromatic heterocycles. The standard InChI is InChI=1S/C2H6O.CH4O.H4N2/c1-2-3;2*1-2/h3H,2H2,1H3;2H,1H3;1-2H2. The third-order valence-electron chi connectivity index (χ3n) is 0. The molecule has 6 N–H and O–H groups in total. The zero-order valence-electron chi connectivity index (χ0n) is 4.76. The summed E-state index contributed by atoms with van der Waals surface area (Å²) in [6, 6.07) is 0. The lowest BCUT2D eigenvalue weighted by atomic mass is 10.9. The van der Waals surface area contributed by atoms with Crippen molar-refractivity contribution >= 4 is 0 Å². The Morgan fingerprint density at radius 1 is 1.29 bits per heavy atom. The molecular formula is C3H14N2O2. The van der Waals surface area contributed by atoms with E-state index in [1.54, 1.807) is 6.92 Å². The predicted molar refractivity (Wildman–Crippen MR) is 29.3 cm³/mol. The number of aliphatic hydroxyl groups excluding tert-OH is 2. The van der Waals surface area contributed by atoms with Gasteiger partial charge in [0.15, 0.2) is 0 Å². The van der Waals surface area contributed by atoms with Crippen LogP contribution in [0.4, 0.5) is 0 Å². The Morgan fingerprint density at radius 3 is 1.29 bits per heavy atom. The highest BCUT2D eigenvalue weighted by atomic mass is 16.2. The van der Waals surface area contributed by atoms with Crippen LogP contribution in [-0.2, 0) is 0 Å². The van der Waals surface area contributed by atoms with Gasteiger partial charge in [0, 0.05) is 13.7 Å². The Labute approximate surface area is 43.7 Å². The van der Waals surface area contributed by atoms with E-state index < -0.39 is 0 Å². The smallest absolute Gasteiger partial charge is 0.0402 e. The molecule has 0 unspecified atom stereocenters. The zero-order chi connectivity index (χ0) is 6.71. The van der Waals surface area contributed by atoms with Crippen LogP contribution >= 0.6 is 0 Å². The minimum Gasteiger partial charge on any atom is -0.400 e. The van der Waals surface area contributed by atoms with Crippen LogP contribution in [0.1, 0.15) is 6.92 Å². The van der Waals surface area contributed by atoms with E-state index in [-0.39, 0.29) is 6.61 Å². The first-order valence-corrected chi connectivity index (χ1v) is 1.80. The molecule has 0 atom stereocenters. The molecule has 0 aromatic carbocycles. The molecular weight excluding hydrogens is 96.0 g/mol. The molecule has 0 radical (unpaired) electrons. The van der Waals surface area contributed by atoms with Gasteiger partial charge in [-0.1, -0.05) is 0 Å². The first-order chi connectivity index (χ1) is 3.41. The highest BCUT2D eigenvalue weighted by Gasteiger charge is 1.34. The van der Waals surface area contributed by atoms with Crippen molar-refractivity contribution in [3.8, 4) is 0 Å². The van der Waals surface area contributed by atoms with Crippen molar-refractivity contribution in [2.45, 2.75) is 6.92 Å². The second-order valence-corrected chi connectivity index (χ2v) is 0.316. The second kappa shape index (κ2) is 194. The fourth-order valence-corrected chi connectivity index (χ4v) is 0. The number of aliphatic hydroxyl groups is 2. The van der Waals surface area contributed by atoms with Crippen LogP contribution in [0, 0.1) is 0 Å². The maximum Gasteiger partial charge on any atom is 0.0402 e. The molecule has 0 aliphatic heterocycles. The van der Waals surface area contributed by atoms with Crippen molar-refractivity contribution in [2.24, 2.45) is 11.7 Å². The van der Waals surface area contributed by atoms with Crippen LogP contribution in [0.3, 0.4) is 0 Å². The van der Waals surface area contributed by atoms with Crippen LogP contribution < -0.4 is 11.7 Å². The quantitative estimate of drug-likeness (QED) is 0.224. The summed E-state index contributed by atoms with van der Waals surface area (Å²) in [5, 5.41) is 14.6. The highest BCUT2D eigenvalue weighted by Crippen LogP contribution is 1.30. The Kier molecular flexibility index (Phi) is 438. The summed E-state index contributed by atoms with van der Waals surface area (Å²) >= 11 is 0. The summed E-state index contributed by atoms with van der Waals surface area (Å²) in [6.45, 7) is 1.93. The minimum absolute atomic E-state index is 0.250. The van der Waals surface area contributed by atoms with Gasteiger partial charge in [-0.25, -0.2) is 0 Å². The largest absolute Gasteiger partial charge is 0.400 e. The minimum atomic E-state index is 0.250. The average molecular weight is 110 g/mol. The molecule has 0 rings (SSSR count). The van der Waals surface area contributed by atoms with Crippen LogP contribution in [0.15, 0.2) is 0 Å². The average Bonchev–Trinajstić information content (AvgIpc) is 1.78.